The summed E-state index contributed by atoms with van der Waals surface area (Å²) in [5.74, 6) is 1.39. The van der Waals surface area contributed by atoms with Crippen molar-refractivity contribution in [1.82, 2.24) is 0 Å². The van der Waals surface area contributed by atoms with E-state index in [-0.39, 0.29) is 34.9 Å². The lowest BCUT2D eigenvalue weighted by Crippen LogP contribution is -2.45. The van der Waals surface area contributed by atoms with E-state index in [1.54, 1.807) is 6.08 Å². The normalized spacial score (nSPS) is 45.2. The fourth-order valence-electron chi connectivity index (χ4n) is 6.67. The van der Waals surface area contributed by atoms with Crippen LogP contribution in [0.1, 0.15) is 46.5 Å². The molecule has 0 bridgehead atoms. The summed E-state index contributed by atoms with van der Waals surface area (Å²) < 4.78 is 0. The molecule has 2 fully saturated rings. The fourth-order valence-corrected chi connectivity index (χ4v) is 6.67. The maximum absolute atomic E-state index is 12.4. The fraction of sp³-hybridized carbons (Fsp3) is 0.636. The second kappa shape index (κ2) is 5.51. The highest BCUT2D eigenvalue weighted by atomic mass is 16.3. The number of hydrogen-bond donors (Lipinski definition) is 1. The van der Waals surface area contributed by atoms with Crippen LogP contribution in [-0.4, -0.2) is 23.3 Å². The highest BCUT2D eigenvalue weighted by molar-refractivity contribution is 6.01. The first-order chi connectivity index (χ1) is 11.8. The first-order valence-corrected chi connectivity index (χ1v) is 9.59. The highest BCUT2D eigenvalue weighted by Crippen LogP contribution is 2.65. The number of ketones is 2. The Balaban J connectivity index is 1.75. The highest BCUT2D eigenvalue weighted by Gasteiger charge is 2.59. The number of Topliss-reactive ketones (excluding diaryl/α,β-unsaturated/α-hetero) is 1. The van der Waals surface area contributed by atoms with Gasteiger partial charge in [0.15, 0.2) is 11.6 Å². The summed E-state index contributed by atoms with van der Waals surface area (Å²) in [5, 5.41) is 9.46. The first kappa shape index (κ1) is 17.0. The van der Waals surface area contributed by atoms with Gasteiger partial charge in [-0.15, -0.1) is 0 Å². The number of allylic oxidation sites excluding steroid dienone is 6. The van der Waals surface area contributed by atoms with Crippen LogP contribution >= 0.6 is 0 Å². The molecule has 0 amide bonds. The second-order valence-corrected chi connectivity index (χ2v) is 9.04. The van der Waals surface area contributed by atoms with Crippen LogP contribution in [0.15, 0.2) is 35.5 Å². The first-order valence-electron chi connectivity index (χ1n) is 9.59. The number of aliphatic hydroxyl groups is 1. The lowest BCUT2D eigenvalue weighted by Gasteiger charge is -2.52. The topological polar surface area (TPSA) is 54.4 Å². The van der Waals surface area contributed by atoms with E-state index in [0.29, 0.717) is 17.8 Å². The third kappa shape index (κ3) is 2.21. The Morgan fingerprint density at radius 1 is 1.36 bits per heavy atom. The van der Waals surface area contributed by atoms with Crippen LogP contribution in [0.5, 0.6) is 0 Å². The predicted molar refractivity (Wildman–Crippen MR) is 96.7 cm³/mol. The van der Waals surface area contributed by atoms with E-state index in [1.807, 2.05) is 6.08 Å². The van der Waals surface area contributed by atoms with Crippen LogP contribution < -0.4 is 0 Å². The van der Waals surface area contributed by atoms with E-state index in [9.17, 15) is 14.7 Å². The molecule has 2 saturated carbocycles. The molecule has 4 aliphatic rings. The van der Waals surface area contributed by atoms with Crippen molar-refractivity contribution in [3.8, 4) is 0 Å². The van der Waals surface area contributed by atoms with Crippen molar-refractivity contribution in [2.24, 2.45) is 34.5 Å². The summed E-state index contributed by atoms with van der Waals surface area (Å²) in [6.07, 6.45) is 12.0. The van der Waals surface area contributed by atoms with Gasteiger partial charge < -0.3 is 5.11 Å². The van der Waals surface area contributed by atoms with Crippen molar-refractivity contribution in [3.05, 3.63) is 35.5 Å². The lowest BCUT2D eigenvalue weighted by atomic mass is 9.52. The number of aliphatic hydroxyl groups excluding tert-OH is 1. The van der Waals surface area contributed by atoms with Gasteiger partial charge in [-0.3, -0.25) is 9.59 Å². The molecule has 0 aromatic heterocycles. The number of rotatable bonds is 2. The molecule has 1 N–H and O–H groups in total. The standard InChI is InChI=1S/C22H28O3/c1-13-10-18-16-5-4-14-11-15(24)6-8-21(14,2)17(16)7-9-22(18,3)20(13)19(25)12-23/h6-8,11,13,16,18,20,23H,4-5,9-10,12H2,1-3H3/t13?,16-,18+,20-,21+,22+/m1/s1. The molecule has 0 aromatic rings. The molecule has 1 unspecified atom stereocenters. The van der Waals surface area contributed by atoms with E-state index >= 15 is 0 Å². The minimum atomic E-state index is -0.339. The quantitative estimate of drug-likeness (QED) is 0.781. The van der Waals surface area contributed by atoms with Gasteiger partial charge in [0.25, 0.3) is 0 Å². The molecule has 6 atom stereocenters. The second-order valence-electron chi connectivity index (χ2n) is 9.04. The minimum Gasteiger partial charge on any atom is -0.389 e. The van der Waals surface area contributed by atoms with E-state index in [4.69, 9.17) is 0 Å². The average molecular weight is 340 g/mol. The Bertz CT molecular complexity index is 728. The summed E-state index contributed by atoms with van der Waals surface area (Å²) in [4.78, 5) is 24.2. The van der Waals surface area contributed by atoms with Crippen LogP contribution in [0.2, 0.25) is 0 Å². The lowest BCUT2D eigenvalue weighted by molar-refractivity contribution is -0.131. The van der Waals surface area contributed by atoms with Crippen molar-refractivity contribution in [3.63, 3.8) is 0 Å². The largest absolute Gasteiger partial charge is 0.389 e. The molecule has 134 valence electrons. The Morgan fingerprint density at radius 3 is 2.84 bits per heavy atom. The SMILES string of the molecule is CC1C[C@H]2[C@@H]3CCC4=CC(=O)C=C[C@]4(C)C3=CC[C@]2(C)[C@H]1C(=O)CO. The summed E-state index contributed by atoms with van der Waals surface area (Å²) in [5.41, 5.74) is 2.54. The van der Waals surface area contributed by atoms with Gasteiger partial charge >= 0.3 is 0 Å². The number of carbonyl (C=O) groups excluding carboxylic acids is 2. The maximum atomic E-state index is 12.4. The molecule has 3 nitrogen and oxygen atoms in total. The van der Waals surface area contributed by atoms with Gasteiger partial charge in [-0.2, -0.15) is 0 Å². The molecule has 4 rings (SSSR count). The van der Waals surface area contributed by atoms with Gasteiger partial charge in [0.05, 0.1) is 0 Å². The van der Waals surface area contributed by atoms with E-state index < -0.39 is 0 Å². The molecule has 3 heteroatoms. The van der Waals surface area contributed by atoms with Crippen molar-refractivity contribution in [2.45, 2.75) is 46.5 Å². The predicted octanol–water partition coefficient (Wildman–Crippen LogP) is 3.64. The van der Waals surface area contributed by atoms with Crippen LogP contribution in [0.4, 0.5) is 0 Å². The number of carbonyl (C=O) groups is 2. The van der Waals surface area contributed by atoms with Gasteiger partial charge in [-0.1, -0.05) is 37.1 Å². The summed E-state index contributed by atoms with van der Waals surface area (Å²) in [6.45, 7) is 6.35. The summed E-state index contributed by atoms with van der Waals surface area (Å²) in [7, 11) is 0. The zero-order valence-electron chi connectivity index (χ0n) is 15.4. The molecule has 0 spiro atoms. The monoisotopic (exact) mass is 340 g/mol. The van der Waals surface area contributed by atoms with E-state index in [2.05, 4.69) is 32.9 Å². The van der Waals surface area contributed by atoms with E-state index in [0.717, 1.165) is 25.7 Å². The van der Waals surface area contributed by atoms with Gasteiger partial charge in [-0.05, 0) is 67.9 Å². The van der Waals surface area contributed by atoms with Crippen LogP contribution in [0.25, 0.3) is 0 Å². The molecule has 4 aliphatic carbocycles. The van der Waals surface area contributed by atoms with Gasteiger partial charge in [0.1, 0.15) is 6.61 Å². The summed E-state index contributed by atoms with van der Waals surface area (Å²) >= 11 is 0. The third-order valence-corrected chi connectivity index (χ3v) is 7.79. The van der Waals surface area contributed by atoms with Crippen LogP contribution in [0, 0.1) is 34.5 Å². The molecule has 0 saturated heterocycles. The average Bonchev–Trinajstić information content (AvgIpc) is 2.85. The van der Waals surface area contributed by atoms with Gasteiger partial charge in [0, 0.05) is 11.3 Å². The Hall–Kier alpha value is -1.48. The smallest absolute Gasteiger partial charge is 0.178 e. The zero-order chi connectivity index (χ0) is 18.0. The zero-order valence-corrected chi connectivity index (χ0v) is 15.4. The molecule has 0 heterocycles. The Kier molecular flexibility index (Phi) is 3.74. The maximum Gasteiger partial charge on any atom is 0.178 e. The van der Waals surface area contributed by atoms with Crippen molar-refractivity contribution in [1.29, 1.82) is 0 Å². The molecular weight excluding hydrogens is 312 g/mol. The van der Waals surface area contributed by atoms with Crippen LogP contribution in [-0.2, 0) is 9.59 Å². The molecule has 0 radical (unpaired) electrons. The van der Waals surface area contributed by atoms with Crippen molar-refractivity contribution in [2.75, 3.05) is 6.61 Å². The minimum absolute atomic E-state index is 0.0140. The Morgan fingerprint density at radius 2 is 2.12 bits per heavy atom. The third-order valence-electron chi connectivity index (χ3n) is 7.79. The molecule has 0 aliphatic heterocycles. The van der Waals surface area contributed by atoms with Gasteiger partial charge in [0.2, 0.25) is 0 Å². The number of hydrogen-bond acceptors (Lipinski definition) is 3. The Labute approximate surface area is 149 Å². The van der Waals surface area contributed by atoms with Crippen LogP contribution in [0.3, 0.4) is 0 Å². The van der Waals surface area contributed by atoms with Crippen molar-refractivity contribution < 1.29 is 14.7 Å². The molecule has 0 aromatic carbocycles. The van der Waals surface area contributed by atoms with E-state index in [1.165, 1.54) is 11.1 Å². The number of fused-ring (bicyclic) bond motifs is 5. The van der Waals surface area contributed by atoms with Crippen molar-refractivity contribution >= 4 is 11.6 Å². The summed E-state index contributed by atoms with van der Waals surface area (Å²) in [6, 6.07) is 0. The molecule has 25 heavy (non-hydrogen) atoms. The molecular formula is C22H28O3. The van der Waals surface area contributed by atoms with Gasteiger partial charge in [-0.25, -0.2) is 0 Å².